The second kappa shape index (κ2) is 7.44. The number of nitrogens with zero attached hydrogens (tertiary/aromatic N) is 2. The lowest BCUT2D eigenvalue weighted by molar-refractivity contribution is 0.102. The van der Waals surface area contributed by atoms with Gasteiger partial charge in [0.2, 0.25) is 0 Å². The van der Waals surface area contributed by atoms with Crippen LogP contribution in [0.15, 0.2) is 53.0 Å². The zero-order valence-corrected chi connectivity index (χ0v) is 17.4. The summed E-state index contributed by atoms with van der Waals surface area (Å²) < 4.78 is 16.0. The van der Waals surface area contributed by atoms with Crippen LogP contribution in [-0.2, 0) is 5.41 Å². The molecule has 7 heteroatoms. The maximum absolute atomic E-state index is 13.4. The Labute approximate surface area is 170 Å². The predicted molar refractivity (Wildman–Crippen MR) is 109 cm³/mol. The van der Waals surface area contributed by atoms with E-state index in [0.29, 0.717) is 5.82 Å². The van der Waals surface area contributed by atoms with Crippen molar-refractivity contribution in [2.75, 3.05) is 5.32 Å². The van der Waals surface area contributed by atoms with Crippen molar-refractivity contribution in [3.05, 3.63) is 75.1 Å². The maximum Gasteiger partial charge on any atom is 0.256 e. The molecule has 3 aromatic rings. The number of anilines is 1. The molecule has 1 N–H and O–H groups in total. The van der Waals surface area contributed by atoms with Crippen LogP contribution in [0.2, 0.25) is 5.02 Å². The highest BCUT2D eigenvalue weighted by atomic mass is 79.9. The smallest absolute Gasteiger partial charge is 0.256 e. The predicted octanol–water partition coefficient (Wildman–Crippen LogP) is 5.98. The number of halogens is 3. The molecule has 27 heavy (non-hydrogen) atoms. The molecule has 1 heterocycles. The molecule has 0 saturated carbocycles. The molecular formula is C20H18BrClFN3O. The number of hydrogen-bond donors (Lipinski definition) is 1. The highest BCUT2D eigenvalue weighted by Crippen LogP contribution is 2.27. The van der Waals surface area contributed by atoms with Crippen LogP contribution in [0, 0.1) is 5.82 Å². The van der Waals surface area contributed by atoms with Gasteiger partial charge in [0.05, 0.1) is 16.4 Å². The minimum absolute atomic E-state index is 0.0977. The lowest BCUT2D eigenvalue weighted by atomic mass is 9.92. The molecule has 0 aliphatic rings. The van der Waals surface area contributed by atoms with Crippen molar-refractivity contribution in [3.63, 3.8) is 0 Å². The second-order valence-electron chi connectivity index (χ2n) is 7.14. The van der Waals surface area contributed by atoms with Crippen molar-refractivity contribution < 1.29 is 9.18 Å². The van der Waals surface area contributed by atoms with Crippen molar-refractivity contribution in [2.45, 2.75) is 26.2 Å². The fourth-order valence-corrected chi connectivity index (χ4v) is 2.89. The Hall–Kier alpha value is -2.18. The SMILES string of the molecule is CC(C)(C)c1cc(NC(=O)c2ccc(F)c(Cl)c2)n(-c2ccc(Br)cc2)n1. The first-order valence-electron chi connectivity index (χ1n) is 8.28. The quantitative estimate of drug-likeness (QED) is 0.534. The van der Waals surface area contributed by atoms with Gasteiger partial charge in [0, 0.05) is 21.5 Å². The first-order valence-corrected chi connectivity index (χ1v) is 9.45. The van der Waals surface area contributed by atoms with E-state index < -0.39 is 11.7 Å². The summed E-state index contributed by atoms with van der Waals surface area (Å²) in [7, 11) is 0. The highest BCUT2D eigenvalue weighted by molar-refractivity contribution is 9.10. The lowest BCUT2D eigenvalue weighted by Gasteiger charge is -2.14. The number of nitrogens with one attached hydrogen (secondary N) is 1. The number of rotatable bonds is 3. The summed E-state index contributed by atoms with van der Waals surface area (Å²) in [5, 5.41) is 7.41. The van der Waals surface area contributed by atoms with E-state index in [1.165, 1.54) is 18.2 Å². The van der Waals surface area contributed by atoms with Gasteiger partial charge >= 0.3 is 0 Å². The lowest BCUT2D eigenvalue weighted by Crippen LogP contribution is -2.15. The molecule has 2 aromatic carbocycles. The van der Waals surface area contributed by atoms with Gasteiger partial charge in [-0.1, -0.05) is 48.3 Å². The number of carbonyl (C=O) groups excluding carboxylic acids is 1. The van der Waals surface area contributed by atoms with Crippen molar-refractivity contribution >= 4 is 39.3 Å². The molecule has 1 amide bonds. The first-order chi connectivity index (χ1) is 12.6. The third kappa shape index (κ3) is 4.39. The summed E-state index contributed by atoms with van der Waals surface area (Å²) >= 11 is 9.20. The molecule has 0 atom stereocenters. The third-order valence-electron chi connectivity index (χ3n) is 3.97. The van der Waals surface area contributed by atoms with Gasteiger partial charge in [-0.05, 0) is 42.5 Å². The van der Waals surface area contributed by atoms with Crippen LogP contribution in [0.1, 0.15) is 36.8 Å². The largest absolute Gasteiger partial charge is 0.306 e. The third-order valence-corrected chi connectivity index (χ3v) is 4.79. The first kappa shape index (κ1) is 19.6. The van der Waals surface area contributed by atoms with Gasteiger partial charge in [-0.2, -0.15) is 5.10 Å². The van der Waals surface area contributed by atoms with Crippen LogP contribution >= 0.6 is 27.5 Å². The maximum atomic E-state index is 13.4. The minimum Gasteiger partial charge on any atom is -0.306 e. The van der Waals surface area contributed by atoms with Gasteiger partial charge in [0.15, 0.2) is 0 Å². The monoisotopic (exact) mass is 449 g/mol. The standard InChI is InChI=1S/C20H18BrClFN3O/c1-20(2,3)17-11-18(26(25-17)14-7-5-13(21)6-8-14)24-19(27)12-4-9-16(23)15(22)10-12/h4-11H,1-3H3,(H,24,27). The van der Waals surface area contributed by atoms with Crippen LogP contribution in [0.4, 0.5) is 10.2 Å². The Bertz CT molecular complexity index is 993. The topological polar surface area (TPSA) is 46.9 Å². The van der Waals surface area contributed by atoms with Crippen molar-refractivity contribution in [1.29, 1.82) is 0 Å². The van der Waals surface area contributed by atoms with E-state index in [0.717, 1.165) is 15.9 Å². The van der Waals surface area contributed by atoms with Crippen LogP contribution in [0.25, 0.3) is 5.69 Å². The summed E-state index contributed by atoms with van der Waals surface area (Å²) in [6.07, 6.45) is 0. The average molecular weight is 451 g/mol. The minimum atomic E-state index is -0.567. The highest BCUT2D eigenvalue weighted by Gasteiger charge is 2.22. The van der Waals surface area contributed by atoms with E-state index in [-0.39, 0.29) is 16.0 Å². The van der Waals surface area contributed by atoms with Gasteiger partial charge in [0.25, 0.3) is 5.91 Å². The van der Waals surface area contributed by atoms with Crippen LogP contribution in [0.5, 0.6) is 0 Å². The van der Waals surface area contributed by atoms with Gasteiger partial charge in [-0.15, -0.1) is 0 Å². The number of hydrogen-bond acceptors (Lipinski definition) is 2. The van der Waals surface area contributed by atoms with E-state index >= 15 is 0 Å². The van der Waals surface area contributed by atoms with E-state index in [9.17, 15) is 9.18 Å². The molecule has 0 unspecified atom stereocenters. The number of benzene rings is 2. The Morgan fingerprint density at radius 3 is 2.41 bits per heavy atom. The fraction of sp³-hybridized carbons (Fsp3) is 0.200. The number of amides is 1. The zero-order valence-electron chi connectivity index (χ0n) is 15.1. The summed E-state index contributed by atoms with van der Waals surface area (Å²) in [5.41, 5.74) is 1.71. The molecule has 0 aliphatic carbocycles. The van der Waals surface area contributed by atoms with Crippen LogP contribution in [-0.4, -0.2) is 15.7 Å². The fourth-order valence-electron chi connectivity index (χ4n) is 2.44. The molecule has 0 spiro atoms. The van der Waals surface area contributed by atoms with E-state index in [2.05, 4.69) is 26.3 Å². The summed E-state index contributed by atoms with van der Waals surface area (Å²) in [6.45, 7) is 6.14. The van der Waals surface area contributed by atoms with Gasteiger partial charge in [-0.3, -0.25) is 4.79 Å². The Kier molecular flexibility index (Phi) is 5.40. The number of carbonyl (C=O) groups is 1. The summed E-state index contributed by atoms with van der Waals surface area (Å²) in [6, 6.07) is 13.3. The molecule has 0 bridgehead atoms. The van der Waals surface area contributed by atoms with Crippen molar-refractivity contribution in [2.24, 2.45) is 0 Å². The van der Waals surface area contributed by atoms with E-state index in [4.69, 9.17) is 11.6 Å². The van der Waals surface area contributed by atoms with E-state index in [1.807, 2.05) is 51.1 Å². The van der Waals surface area contributed by atoms with Crippen molar-refractivity contribution in [1.82, 2.24) is 9.78 Å². The molecule has 0 aliphatic heterocycles. The molecule has 3 rings (SSSR count). The summed E-state index contributed by atoms with van der Waals surface area (Å²) in [5.74, 6) is -0.438. The molecule has 1 aromatic heterocycles. The molecule has 4 nitrogen and oxygen atoms in total. The number of aromatic nitrogens is 2. The molecule has 0 radical (unpaired) electrons. The Balaban J connectivity index is 2.00. The molecule has 0 saturated heterocycles. The Morgan fingerprint density at radius 1 is 1.15 bits per heavy atom. The van der Waals surface area contributed by atoms with Crippen LogP contribution < -0.4 is 5.32 Å². The average Bonchev–Trinajstić information content (AvgIpc) is 3.02. The molecular weight excluding hydrogens is 433 g/mol. The van der Waals surface area contributed by atoms with Gasteiger partial charge in [0.1, 0.15) is 11.6 Å². The molecule has 0 fully saturated rings. The summed E-state index contributed by atoms with van der Waals surface area (Å²) in [4.78, 5) is 12.6. The second-order valence-corrected chi connectivity index (χ2v) is 8.46. The van der Waals surface area contributed by atoms with Gasteiger partial charge in [-0.25, -0.2) is 9.07 Å². The van der Waals surface area contributed by atoms with Crippen molar-refractivity contribution in [3.8, 4) is 5.69 Å². The van der Waals surface area contributed by atoms with Crippen LogP contribution in [0.3, 0.4) is 0 Å². The zero-order chi connectivity index (χ0) is 19.8. The van der Waals surface area contributed by atoms with E-state index in [1.54, 1.807) is 4.68 Å². The molecule has 140 valence electrons. The van der Waals surface area contributed by atoms with Gasteiger partial charge < -0.3 is 5.32 Å². The Morgan fingerprint density at radius 2 is 1.81 bits per heavy atom. The normalized spacial score (nSPS) is 11.5.